The van der Waals surface area contributed by atoms with Gasteiger partial charge in [0.2, 0.25) is 0 Å². The van der Waals surface area contributed by atoms with Gasteiger partial charge in [0.1, 0.15) is 5.82 Å². The topological polar surface area (TPSA) is 29.9 Å². The van der Waals surface area contributed by atoms with Crippen molar-refractivity contribution in [2.75, 3.05) is 13.6 Å². The zero-order valence-corrected chi connectivity index (χ0v) is 10.9. The first-order valence-corrected chi connectivity index (χ1v) is 6.27. The lowest BCUT2D eigenvalue weighted by Gasteiger charge is -2.09. The van der Waals surface area contributed by atoms with Gasteiger partial charge in [-0.3, -0.25) is 0 Å². The van der Waals surface area contributed by atoms with E-state index in [0.29, 0.717) is 5.92 Å². The van der Waals surface area contributed by atoms with Crippen molar-refractivity contribution in [3.8, 4) is 0 Å². The number of hydrogen-bond acceptors (Lipinski definition) is 2. The molecule has 0 amide bonds. The molecule has 0 saturated heterocycles. The molecule has 3 nitrogen and oxygen atoms in total. The predicted molar refractivity (Wildman–Crippen MR) is 72.1 cm³/mol. The molecule has 0 aliphatic rings. The first-order valence-electron chi connectivity index (χ1n) is 6.27. The first kappa shape index (κ1) is 12.1. The maximum atomic E-state index is 4.69. The molecule has 0 radical (unpaired) electrons. The van der Waals surface area contributed by atoms with Crippen LogP contribution in [-0.2, 0) is 13.5 Å². The van der Waals surface area contributed by atoms with E-state index in [0.717, 1.165) is 18.5 Å². The van der Waals surface area contributed by atoms with E-state index in [4.69, 9.17) is 0 Å². The molecule has 1 N–H and O–H groups in total. The molecular formula is C14H21N3. The molecule has 2 aromatic rings. The fraction of sp³-hybridized carbons (Fsp3) is 0.500. The summed E-state index contributed by atoms with van der Waals surface area (Å²) in [5, 5.41) is 3.22. The molecule has 17 heavy (non-hydrogen) atoms. The smallest absolute Gasteiger partial charge is 0.109 e. The van der Waals surface area contributed by atoms with Crippen LogP contribution in [0.5, 0.6) is 0 Å². The van der Waals surface area contributed by atoms with Gasteiger partial charge < -0.3 is 9.88 Å². The van der Waals surface area contributed by atoms with Crippen molar-refractivity contribution in [2.24, 2.45) is 13.0 Å². The van der Waals surface area contributed by atoms with Crippen molar-refractivity contribution < 1.29 is 0 Å². The molecule has 92 valence electrons. The summed E-state index contributed by atoms with van der Waals surface area (Å²) in [6, 6.07) is 8.32. The SMILES string of the molecule is CNCC(C)CCc1nc2ccccc2n1C. The fourth-order valence-electron chi connectivity index (χ4n) is 2.25. The van der Waals surface area contributed by atoms with E-state index in [1.807, 2.05) is 13.1 Å². The molecule has 0 bridgehead atoms. The van der Waals surface area contributed by atoms with Crippen LogP contribution >= 0.6 is 0 Å². The van der Waals surface area contributed by atoms with E-state index in [-0.39, 0.29) is 0 Å². The number of para-hydroxylation sites is 2. The van der Waals surface area contributed by atoms with E-state index in [2.05, 4.69) is 47.0 Å². The van der Waals surface area contributed by atoms with Crippen molar-refractivity contribution in [3.05, 3.63) is 30.1 Å². The largest absolute Gasteiger partial charge is 0.331 e. The van der Waals surface area contributed by atoms with Crippen LogP contribution in [0, 0.1) is 5.92 Å². The molecule has 0 spiro atoms. The highest BCUT2D eigenvalue weighted by Gasteiger charge is 2.08. The van der Waals surface area contributed by atoms with Gasteiger partial charge in [0.05, 0.1) is 11.0 Å². The van der Waals surface area contributed by atoms with Crippen LogP contribution in [0.25, 0.3) is 11.0 Å². The number of imidazole rings is 1. The minimum Gasteiger partial charge on any atom is -0.331 e. The van der Waals surface area contributed by atoms with Gasteiger partial charge in [-0.2, -0.15) is 0 Å². The molecule has 1 aromatic carbocycles. The highest BCUT2D eigenvalue weighted by molar-refractivity contribution is 5.75. The van der Waals surface area contributed by atoms with Crippen LogP contribution < -0.4 is 5.32 Å². The van der Waals surface area contributed by atoms with Crippen LogP contribution in [0.1, 0.15) is 19.2 Å². The number of rotatable bonds is 5. The Morgan fingerprint density at radius 3 is 2.82 bits per heavy atom. The van der Waals surface area contributed by atoms with E-state index in [1.165, 1.54) is 17.8 Å². The number of aryl methyl sites for hydroxylation is 2. The average Bonchev–Trinajstić information content (AvgIpc) is 2.65. The summed E-state index contributed by atoms with van der Waals surface area (Å²) >= 11 is 0. The zero-order valence-electron chi connectivity index (χ0n) is 10.9. The highest BCUT2D eigenvalue weighted by atomic mass is 15.1. The number of hydrogen-bond donors (Lipinski definition) is 1. The van der Waals surface area contributed by atoms with Crippen LogP contribution in [0.3, 0.4) is 0 Å². The average molecular weight is 231 g/mol. The molecule has 0 aliphatic carbocycles. The van der Waals surface area contributed by atoms with E-state index >= 15 is 0 Å². The van der Waals surface area contributed by atoms with Gasteiger partial charge in [-0.15, -0.1) is 0 Å². The molecule has 1 unspecified atom stereocenters. The highest BCUT2D eigenvalue weighted by Crippen LogP contribution is 2.16. The van der Waals surface area contributed by atoms with Crippen molar-refractivity contribution in [1.82, 2.24) is 14.9 Å². The Morgan fingerprint density at radius 1 is 1.35 bits per heavy atom. The second-order valence-corrected chi connectivity index (χ2v) is 4.78. The van der Waals surface area contributed by atoms with Gasteiger partial charge in [0.15, 0.2) is 0 Å². The fourth-order valence-corrected chi connectivity index (χ4v) is 2.25. The molecule has 3 heteroatoms. The van der Waals surface area contributed by atoms with E-state index in [1.54, 1.807) is 0 Å². The van der Waals surface area contributed by atoms with E-state index in [9.17, 15) is 0 Å². The lowest BCUT2D eigenvalue weighted by atomic mass is 10.1. The summed E-state index contributed by atoms with van der Waals surface area (Å²) in [7, 11) is 4.11. The van der Waals surface area contributed by atoms with Crippen molar-refractivity contribution >= 4 is 11.0 Å². The molecule has 0 fully saturated rings. The Hall–Kier alpha value is -1.35. The molecule has 2 rings (SSSR count). The summed E-state index contributed by atoms with van der Waals surface area (Å²) in [5.74, 6) is 1.88. The lowest BCUT2D eigenvalue weighted by Crippen LogP contribution is -2.17. The van der Waals surface area contributed by atoms with Crippen molar-refractivity contribution in [1.29, 1.82) is 0 Å². The Kier molecular flexibility index (Phi) is 3.79. The molecule has 0 saturated carbocycles. The van der Waals surface area contributed by atoms with Crippen LogP contribution in [-0.4, -0.2) is 23.1 Å². The summed E-state index contributed by atoms with van der Waals surface area (Å²) in [6.45, 7) is 3.35. The lowest BCUT2D eigenvalue weighted by molar-refractivity contribution is 0.495. The second kappa shape index (κ2) is 5.32. The number of nitrogens with one attached hydrogen (secondary N) is 1. The summed E-state index contributed by atoms with van der Waals surface area (Å²) in [6.07, 6.45) is 2.23. The Bertz CT molecular complexity index is 487. The number of aromatic nitrogens is 2. The van der Waals surface area contributed by atoms with Gasteiger partial charge >= 0.3 is 0 Å². The monoisotopic (exact) mass is 231 g/mol. The molecule has 0 aliphatic heterocycles. The minimum atomic E-state index is 0.694. The van der Waals surface area contributed by atoms with E-state index < -0.39 is 0 Å². The number of fused-ring (bicyclic) bond motifs is 1. The molecule has 1 heterocycles. The Morgan fingerprint density at radius 2 is 2.12 bits per heavy atom. The van der Waals surface area contributed by atoms with Gasteiger partial charge in [-0.25, -0.2) is 4.98 Å². The number of nitrogens with zero attached hydrogens (tertiary/aromatic N) is 2. The quantitative estimate of drug-likeness (QED) is 0.856. The third-order valence-electron chi connectivity index (χ3n) is 3.29. The second-order valence-electron chi connectivity index (χ2n) is 4.78. The van der Waals surface area contributed by atoms with Crippen molar-refractivity contribution in [2.45, 2.75) is 19.8 Å². The van der Waals surface area contributed by atoms with Gasteiger partial charge in [0, 0.05) is 13.5 Å². The predicted octanol–water partition coefficient (Wildman–Crippen LogP) is 2.36. The molecule has 1 aromatic heterocycles. The summed E-state index contributed by atoms with van der Waals surface area (Å²) in [4.78, 5) is 4.69. The van der Waals surface area contributed by atoms with Crippen LogP contribution in [0.15, 0.2) is 24.3 Å². The summed E-state index contributed by atoms with van der Waals surface area (Å²) in [5.41, 5.74) is 2.33. The van der Waals surface area contributed by atoms with Gasteiger partial charge in [-0.1, -0.05) is 19.1 Å². The van der Waals surface area contributed by atoms with Gasteiger partial charge in [0.25, 0.3) is 0 Å². The maximum absolute atomic E-state index is 4.69. The minimum absolute atomic E-state index is 0.694. The summed E-state index contributed by atoms with van der Waals surface area (Å²) < 4.78 is 2.21. The number of benzene rings is 1. The third-order valence-corrected chi connectivity index (χ3v) is 3.29. The van der Waals surface area contributed by atoms with Gasteiger partial charge in [-0.05, 0) is 38.1 Å². The maximum Gasteiger partial charge on any atom is 0.109 e. The van der Waals surface area contributed by atoms with Crippen molar-refractivity contribution in [3.63, 3.8) is 0 Å². The van der Waals surface area contributed by atoms with Crippen LogP contribution in [0.4, 0.5) is 0 Å². The zero-order chi connectivity index (χ0) is 12.3. The standard InChI is InChI=1S/C14H21N3/c1-11(10-15-2)8-9-14-16-12-6-4-5-7-13(12)17(14)3/h4-7,11,15H,8-10H2,1-3H3. The van der Waals surface area contributed by atoms with Crippen LogP contribution in [0.2, 0.25) is 0 Å². The molecule has 1 atom stereocenters. The molecular weight excluding hydrogens is 210 g/mol. The first-order chi connectivity index (χ1) is 8.22. The Balaban J connectivity index is 2.11. The third kappa shape index (κ3) is 2.67. The Labute approximate surface area is 103 Å². The normalized spacial score (nSPS) is 13.1.